The van der Waals surface area contributed by atoms with Crippen LogP contribution in [0.5, 0.6) is 0 Å². The Kier molecular flexibility index (Phi) is 3.03. The Hall–Kier alpha value is -0.930. The van der Waals surface area contributed by atoms with Gasteiger partial charge in [-0.05, 0) is 37.6 Å². The van der Waals surface area contributed by atoms with Crippen LogP contribution < -0.4 is 5.32 Å². The molecule has 0 unspecified atom stereocenters. The van der Waals surface area contributed by atoms with Gasteiger partial charge in [0.05, 0.1) is 12.7 Å². The van der Waals surface area contributed by atoms with Crippen LogP contribution in [0.3, 0.4) is 0 Å². The highest BCUT2D eigenvalue weighted by atomic mass is 19.1. The molecule has 0 spiro atoms. The Labute approximate surface area is 89.4 Å². The van der Waals surface area contributed by atoms with E-state index in [1.807, 2.05) is 14.0 Å². The number of nitrogens with one attached hydrogen (secondary N) is 1. The van der Waals surface area contributed by atoms with Gasteiger partial charge in [-0.1, -0.05) is 6.07 Å². The van der Waals surface area contributed by atoms with E-state index in [9.17, 15) is 4.39 Å². The van der Waals surface area contributed by atoms with Crippen LogP contribution in [0.15, 0.2) is 12.1 Å². The molecular formula is C12H16FNO. The molecule has 0 saturated carbocycles. The van der Waals surface area contributed by atoms with Gasteiger partial charge in [-0.25, -0.2) is 4.39 Å². The van der Waals surface area contributed by atoms with E-state index in [0.29, 0.717) is 13.2 Å². The number of hydrogen-bond acceptors (Lipinski definition) is 2. The Morgan fingerprint density at radius 3 is 3.07 bits per heavy atom. The lowest BCUT2D eigenvalue weighted by Gasteiger charge is -2.26. The zero-order valence-corrected chi connectivity index (χ0v) is 9.14. The zero-order valence-electron chi connectivity index (χ0n) is 9.14. The number of hydrogen-bond donors (Lipinski definition) is 1. The number of benzene rings is 1. The Morgan fingerprint density at radius 1 is 1.53 bits per heavy atom. The van der Waals surface area contributed by atoms with Crippen LogP contribution in [0, 0.1) is 12.7 Å². The number of ether oxygens (including phenoxy) is 1. The summed E-state index contributed by atoms with van der Waals surface area (Å²) in [5.74, 6) is -0.134. The first-order valence-corrected chi connectivity index (χ1v) is 5.27. The van der Waals surface area contributed by atoms with Crippen LogP contribution >= 0.6 is 0 Å². The van der Waals surface area contributed by atoms with Crippen molar-refractivity contribution in [1.82, 2.24) is 5.32 Å². The predicted octanol–water partition coefficient (Wildman–Crippen LogP) is 1.97. The topological polar surface area (TPSA) is 21.3 Å². The van der Waals surface area contributed by atoms with Gasteiger partial charge in [0.25, 0.3) is 0 Å². The molecule has 1 aromatic rings. The van der Waals surface area contributed by atoms with E-state index in [2.05, 4.69) is 11.4 Å². The third-order valence-electron chi connectivity index (χ3n) is 2.76. The molecule has 15 heavy (non-hydrogen) atoms. The molecular weight excluding hydrogens is 193 g/mol. The second kappa shape index (κ2) is 4.29. The monoisotopic (exact) mass is 209 g/mol. The van der Waals surface area contributed by atoms with Crippen molar-refractivity contribution >= 4 is 0 Å². The molecule has 0 saturated heterocycles. The minimum absolute atomic E-state index is 0.134. The first-order chi connectivity index (χ1) is 7.22. The minimum Gasteiger partial charge on any atom is -0.372 e. The van der Waals surface area contributed by atoms with Crippen LogP contribution in [0.2, 0.25) is 0 Å². The molecule has 3 heteroatoms. The van der Waals surface area contributed by atoms with Gasteiger partial charge in [0.2, 0.25) is 0 Å². The quantitative estimate of drug-likeness (QED) is 0.804. The molecule has 2 rings (SSSR count). The fourth-order valence-electron chi connectivity index (χ4n) is 2.13. The summed E-state index contributed by atoms with van der Waals surface area (Å²) in [6.45, 7) is 3.27. The van der Waals surface area contributed by atoms with Gasteiger partial charge in [-0.3, -0.25) is 0 Å². The van der Waals surface area contributed by atoms with Gasteiger partial charge >= 0.3 is 0 Å². The van der Waals surface area contributed by atoms with E-state index in [1.165, 1.54) is 0 Å². The molecule has 0 aliphatic carbocycles. The van der Waals surface area contributed by atoms with Crippen LogP contribution in [-0.4, -0.2) is 20.2 Å². The van der Waals surface area contributed by atoms with E-state index in [1.54, 1.807) is 6.07 Å². The number of likely N-dealkylation sites (N-methyl/N-ethyl adjacent to an activating group) is 1. The van der Waals surface area contributed by atoms with E-state index in [4.69, 9.17) is 4.74 Å². The Morgan fingerprint density at radius 2 is 2.33 bits per heavy atom. The van der Waals surface area contributed by atoms with Gasteiger partial charge in [-0.15, -0.1) is 0 Å². The summed E-state index contributed by atoms with van der Waals surface area (Å²) in [6, 6.07) is 3.64. The van der Waals surface area contributed by atoms with Gasteiger partial charge in [-0.2, -0.15) is 0 Å². The molecule has 1 heterocycles. The highest BCUT2D eigenvalue weighted by Gasteiger charge is 2.23. The van der Waals surface area contributed by atoms with Gasteiger partial charge in [0.1, 0.15) is 5.82 Å². The third-order valence-corrected chi connectivity index (χ3v) is 2.76. The number of rotatable bonds is 2. The second-order valence-electron chi connectivity index (χ2n) is 3.99. The highest BCUT2D eigenvalue weighted by Crippen LogP contribution is 2.29. The molecule has 0 fully saturated rings. The van der Waals surface area contributed by atoms with E-state index >= 15 is 0 Å². The van der Waals surface area contributed by atoms with Crippen LogP contribution in [-0.2, 0) is 11.2 Å². The zero-order chi connectivity index (χ0) is 10.8. The number of halogens is 1. The molecule has 0 radical (unpaired) electrons. The molecule has 1 aliphatic heterocycles. The maximum Gasteiger partial charge on any atom is 0.129 e. The summed E-state index contributed by atoms with van der Waals surface area (Å²) in [6.07, 6.45) is 0.674. The second-order valence-corrected chi connectivity index (χ2v) is 3.99. The molecule has 82 valence electrons. The smallest absolute Gasteiger partial charge is 0.129 e. The molecule has 0 bridgehead atoms. The SMILES string of the molecule is CNC[C@@H]1OCCc2cc(C)cc(F)c21. The van der Waals surface area contributed by atoms with Crippen molar-refractivity contribution in [1.29, 1.82) is 0 Å². The lowest BCUT2D eigenvalue weighted by molar-refractivity contribution is 0.0410. The standard InChI is InChI=1S/C12H16FNO/c1-8-5-9-3-4-15-11(7-14-2)12(9)10(13)6-8/h5-6,11,14H,3-4,7H2,1-2H3/t11-/m0/s1. The average Bonchev–Trinajstić information content (AvgIpc) is 2.17. The Balaban J connectivity index is 2.41. The summed E-state index contributed by atoms with van der Waals surface area (Å²) < 4.78 is 19.4. The van der Waals surface area contributed by atoms with Crippen molar-refractivity contribution in [2.45, 2.75) is 19.4 Å². The molecule has 1 aromatic carbocycles. The molecule has 1 aliphatic rings. The van der Waals surface area contributed by atoms with Crippen LogP contribution in [0.1, 0.15) is 22.8 Å². The van der Waals surface area contributed by atoms with Gasteiger partial charge < -0.3 is 10.1 Å². The molecule has 0 aromatic heterocycles. The predicted molar refractivity (Wildman–Crippen MR) is 57.5 cm³/mol. The number of aryl methyl sites for hydroxylation is 1. The minimum atomic E-state index is -0.139. The van der Waals surface area contributed by atoms with Crippen molar-refractivity contribution < 1.29 is 9.13 Å². The van der Waals surface area contributed by atoms with Crippen molar-refractivity contribution in [2.24, 2.45) is 0 Å². The van der Waals surface area contributed by atoms with Gasteiger partial charge in [0, 0.05) is 12.1 Å². The summed E-state index contributed by atoms with van der Waals surface area (Å²) in [7, 11) is 1.85. The first kappa shape index (κ1) is 10.6. The summed E-state index contributed by atoms with van der Waals surface area (Å²) in [5.41, 5.74) is 2.82. The number of fused-ring (bicyclic) bond motifs is 1. The fraction of sp³-hybridized carbons (Fsp3) is 0.500. The molecule has 1 atom stereocenters. The van der Waals surface area contributed by atoms with Crippen LogP contribution in [0.25, 0.3) is 0 Å². The fourth-order valence-corrected chi connectivity index (χ4v) is 2.13. The average molecular weight is 209 g/mol. The van der Waals surface area contributed by atoms with Crippen molar-refractivity contribution in [3.05, 3.63) is 34.6 Å². The maximum atomic E-state index is 13.8. The normalized spacial score (nSPS) is 20.1. The third kappa shape index (κ3) is 2.03. The summed E-state index contributed by atoms with van der Waals surface area (Å²) in [4.78, 5) is 0. The van der Waals surface area contributed by atoms with Crippen LogP contribution in [0.4, 0.5) is 4.39 Å². The van der Waals surface area contributed by atoms with E-state index < -0.39 is 0 Å². The van der Waals surface area contributed by atoms with Crippen molar-refractivity contribution in [3.8, 4) is 0 Å². The first-order valence-electron chi connectivity index (χ1n) is 5.27. The van der Waals surface area contributed by atoms with E-state index in [0.717, 1.165) is 23.1 Å². The van der Waals surface area contributed by atoms with Crippen molar-refractivity contribution in [3.63, 3.8) is 0 Å². The Bertz CT molecular complexity index is 365. The van der Waals surface area contributed by atoms with Gasteiger partial charge in [0.15, 0.2) is 0 Å². The highest BCUT2D eigenvalue weighted by molar-refractivity contribution is 5.36. The van der Waals surface area contributed by atoms with E-state index in [-0.39, 0.29) is 11.9 Å². The molecule has 0 amide bonds. The van der Waals surface area contributed by atoms with Crippen molar-refractivity contribution in [2.75, 3.05) is 20.2 Å². The lowest BCUT2D eigenvalue weighted by Crippen LogP contribution is -2.26. The lowest BCUT2D eigenvalue weighted by atomic mass is 9.95. The largest absolute Gasteiger partial charge is 0.372 e. The summed E-state index contributed by atoms with van der Waals surface area (Å²) >= 11 is 0. The molecule has 1 N–H and O–H groups in total. The maximum absolute atomic E-state index is 13.8. The summed E-state index contributed by atoms with van der Waals surface area (Å²) in [5, 5.41) is 3.03. The molecule has 2 nitrogen and oxygen atoms in total.